The van der Waals surface area contributed by atoms with Gasteiger partial charge in [-0.15, -0.1) is 0 Å². The van der Waals surface area contributed by atoms with Crippen molar-refractivity contribution in [3.8, 4) is 11.5 Å². The van der Waals surface area contributed by atoms with Crippen molar-refractivity contribution >= 4 is 29.5 Å². The third-order valence-electron chi connectivity index (χ3n) is 5.05. The lowest BCUT2D eigenvalue weighted by molar-refractivity contribution is -0.129. The van der Waals surface area contributed by atoms with Gasteiger partial charge in [-0.3, -0.25) is 4.79 Å². The van der Waals surface area contributed by atoms with Gasteiger partial charge in [0.05, 0.1) is 13.7 Å². The first-order valence-electron chi connectivity index (χ1n) is 10.8. The molecular formula is C27H24N2O5. The molecule has 0 radical (unpaired) electrons. The Morgan fingerprint density at radius 3 is 2.50 bits per heavy atom. The van der Waals surface area contributed by atoms with Crippen LogP contribution in [0.2, 0.25) is 0 Å². The van der Waals surface area contributed by atoms with Crippen molar-refractivity contribution in [2.45, 2.75) is 13.3 Å². The molecule has 1 heterocycles. The van der Waals surface area contributed by atoms with Crippen molar-refractivity contribution in [1.29, 1.82) is 0 Å². The van der Waals surface area contributed by atoms with Crippen molar-refractivity contribution < 1.29 is 23.8 Å². The van der Waals surface area contributed by atoms with E-state index in [1.165, 1.54) is 12.5 Å². The molecule has 1 aliphatic rings. The lowest BCUT2D eigenvalue weighted by atomic mass is 10.1. The third-order valence-corrected chi connectivity index (χ3v) is 5.05. The number of rotatable bonds is 8. The van der Waals surface area contributed by atoms with E-state index >= 15 is 0 Å². The Kier molecular flexibility index (Phi) is 7.03. The van der Waals surface area contributed by atoms with Crippen LogP contribution in [-0.4, -0.2) is 31.5 Å². The third kappa shape index (κ3) is 5.69. The molecule has 0 spiro atoms. The lowest BCUT2D eigenvalue weighted by Crippen LogP contribution is -2.07. The van der Waals surface area contributed by atoms with Gasteiger partial charge in [0.25, 0.3) is 0 Å². The van der Waals surface area contributed by atoms with Crippen molar-refractivity contribution in [2.75, 3.05) is 19.0 Å². The van der Waals surface area contributed by atoms with E-state index in [1.54, 1.807) is 43.5 Å². The van der Waals surface area contributed by atoms with Crippen molar-refractivity contribution in [2.24, 2.45) is 4.99 Å². The maximum absolute atomic E-state index is 12.4. The van der Waals surface area contributed by atoms with Gasteiger partial charge in [-0.05, 0) is 53.6 Å². The number of carbonyl (C=O) groups excluding carboxylic acids is 2. The van der Waals surface area contributed by atoms with Crippen LogP contribution >= 0.6 is 0 Å². The highest BCUT2D eigenvalue weighted by Crippen LogP contribution is 2.30. The van der Waals surface area contributed by atoms with Gasteiger partial charge in [0.2, 0.25) is 11.8 Å². The summed E-state index contributed by atoms with van der Waals surface area (Å²) in [5, 5.41) is 2.69. The number of esters is 1. The summed E-state index contributed by atoms with van der Waals surface area (Å²) in [6, 6.07) is 22.4. The first-order chi connectivity index (χ1) is 16.5. The van der Waals surface area contributed by atoms with E-state index in [2.05, 4.69) is 22.4 Å². The predicted octanol–water partition coefficient (Wildman–Crippen LogP) is 4.62. The van der Waals surface area contributed by atoms with Crippen LogP contribution in [0.1, 0.15) is 23.6 Å². The second kappa shape index (κ2) is 10.5. The molecule has 7 heteroatoms. The number of hydrogen-bond donors (Lipinski definition) is 1. The maximum atomic E-state index is 12.4. The topological polar surface area (TPSA) is 86.2 Å². The summed E-state index contributed by atoms with van der Waals surface area (Å²) >= 11 is 0. The summed E-state index contributed by atoms with van der Waals surface area (Å²) in [4.78, 5) is 27.9. The molecule has 3 aromatic rings. The Labute approximate surface area is 197 Å². The van der Waals surface area contributed by atoms with Gasteiger partial charge in [0.15, 0.2) is 17.2 Å². The molecule has 1 N–H and O–H groups in total. The molecule has 0 unspecified atom stereocenters. The number of carbonyl (C=O) groups is 2. The summed E-state index contributed by atoms with van der Waals surface area (Å²) in [6.07, 6.45) is 2.42. The molecule has 1 aliphatic heterocycles. The zero-order valence-corrected chi connectivity index (χ0v) is 18.9. The van der Waals surface area contributed by atoms with E-state index in [1.807, 2.05) is 30.3 Å². The lowest BCUT2D eigenvalue weighted by Gasteiger charge is -2.11. The van der Waals surface area contributed by atoms with Gasteiger partial charge in [-0.2, -0.15) is 0 Å². The molecule has 3 aromatic carbocycles. The molecule has 0 bridgehead atoms. The SMILES string of the molecule is COc1cc(/C=C2\N=C(c3ccc(NC(C)=O)cc3)OC2=O)ccc1OCCc1ccccc1. The monoisotopic (exact) mass is 456 g/mol. The maximum Gasteiger partial charge on any atom is 0.363 e. The summed E-state index contributed by atoms with van der Waals surface area (Å²) in [6.45, 7) is 1.95. The molecule has 7 nitrogen and oxygen atoms in total. The summed E-state index contributed by atoms with van der Waals surface area (Å²) in [5.74, 6) is 0.691. The number of aliphatic imine (C=N–C) groups is 1. The Balaban J connectivity index is 1.46. The van der Waals surface area contributed by atoms with E-state index < -0.39 is 5.97 Å². The fraction of sp³-hybridized carbons (Fsp3) is 0.148. The predicted molar refractivity (Wildman–Crippen MR) is 130 cm³/mol. The van der Waals surface area contributed by atoms with Gasteiger partial charge >= 0.3 is 5.97 Å². The van der Waals surface area contributed by atoms with Crippen LogP contribution in [-0.2, 0) is 20.7 Å². The Hall–Kier alpha value is -4.39. The van der Waals surface area contributed by atoms with E-state index in [4.69, 9.17) is 14.2 Å². The zero-order valence-electron chi connectivity index (χ0n) is 18.9. The molecule has 0 aliphatic carbocycles. The van der Waals surface area contributed by atoms with Crippen molar-refractivity contribution in [3.63, 3.8) is 0 Å². The second-order valence-electron chi connectivity index (χ2n) is 7.59. The highest BCUT2D eigenvalue weighted by Gasteiger charge is 2.24. The molecule has 0 aromatic heterocycles. The van der Waals surface area contributed by atoms with E-state index in [0.29, 0.717) is 29.4 Å². The Morgan fingerprint density at radius 2 is 1.79 bits per heavy atom. The number of nitrogens with zero attached hydrogens (tertiary/aromatic N) is 1. The minimum Gasteiger partial charge on any atom is -0.493 e. The first-order valence-corrected chi connectivity index (χ1v) is 10.8. The van der Waals surface area contributed by atoms with Crippen LogP contribution in [0.4, 0.5) is 5.69 Å². The fourth-order valence-corrected chi connectivity index (χ4v) is 3.41. The zero-order chi connectivity index (χ0) is 23.9. The van der Waals surface area contributed by atoms with Crippen molar-refractivity contribution in [1.82, 2.24) is 0 Å². The quantitative estimate of drug-likeness (QED) is 0.395. The molecule has 172 valence electrons. The normalized spacial score (nSPS) is 13.9. The second-order valence-corrected chi connectivity index (χ2v) is 7.59. The number of benzene rings is 3. The molecule has 0 saturated heterocycles. The van der Waals surface area contributed by atoms with Crippen LogP contribution in [0.15, 0.2) is 83.5 Å². The summed E-state index contributed by atoms with van der Waals surface area (Å²) in [7, 11) is 1.57. The molecule has 4 rings (SSSR count). The number of amides is 1. The van der Waals surface area contributed by atoms with Crippen LogP contribution < -0.4 is 14.8 Å². The largest absolute Gasteiger partial charge is 0.493 e. The standard InChI is InChI=1S/C27H24N2O5/c1-18(30)28-22-11-9-21(10-12-22)26-29-23(27(31)34-26)16-20-8-13-24(25(17-20)32-2)33-15-14-19-6-4-3-5-7-19/h3-13,16-17H,14-15H2,1-2H3,(H,28,30)/b23-16-. The smallest absolute Gasteiger partial charge is 0.363 e. The number of anilines is 1. The fourth-order valence-electron chi connectivity index (χ4n) is 3.41. The molecular weight excluding hydrogens is 432 g/mol. The molecule has 0 atom stereocenters. The van der Waals surface area contributed by atoms with E-state index in [9.17, 15) is 9.59 Å². The van der Waals surface area contributed by atoms with Crippen LogP contribution in [0.25, 0.3) is 6.08 Å². The summed E-state index contributed by atoms with van der Waals surface area (Å²) in [5.41, 5.74) is 3.38. The highest BCUT2D eigenvalue weighted by atomic mass is 16.6. The Morgan fingerprint density at radius 1 is 1.03 bits per heavy atom. The molecule has 0 fully saturated rings. The van der Waals surface area contributed by atoms with Crippen LogP contribution in [0, 0.1) is 0 Å². The minimum atomic E-state index is -0.539. The average molecular weight is 456 g/mol. The van der Waals surface area contributed by atoms with E-state index in [0.717, 1.165) is 12.0 Å². The Bertz CT molecular complexity index is 1250. The van der Waals surface area contributed by atoms with Crippen LogP contribution in [0.3, 0.4) is 0 Å². The van der Waals surface area contributed by atoms with Gasteiger partial charge in [-0.1, -0.05) is 36.4 Å². The molecule has 0 saturated carbocycles. The van der Waals surface area contributed by atoms with Crippen molar-refractivity contribution in [3.05, 3.63) is 95.2 Å². The molecule has 34 heavy (non-hydrogen) atoms. The number of cyclic esters (lactones) is 1. The van der Waals surface area contributed by atoms with Gasteiger partial charge < -0.3 is 19.5 Å². The van der Waals surface area contributed by atoms with Gasteiger partial charge in [0.1, 0.15) is 0 Å². The first kappa shape index (κ1) is 22.8. The van der Waals surface area contributed by atoms with Gasteiger partial charge in [-0.25, -0.2) is 9.79 Å². The minimum absolute atomic E-state index is 0.161. The molecule has 1 amide bonds. The highest BCUT2D eigenvalue weighted by molar-refractivity contribution is 6.13. The van der Waals surface area contributed by atoms with E-state index in [-0.39, 0.29) is 17.5 Å². The van der Waals surface area contributed by atoms with Crippen LogP contribution in [0.5, 0.6) is 11.5 Å². The number of ether oxygens (including phenoxy) is 3. The average Bonchev–Trinajstić information content (AvgIpc) is 3.20. The number of methoxy groups -OCH3 is 1. The summed E-state index contributed by atoms with van der Waals surface area (Å²) < 4.78 is 16.7. The number of nitrogens with one attached hydrogen (secondary N) is 1. The van der Waals surface area contributed by atoms with Gasteiger partial charge in [0, 0.05) is 24.6 Å². The number of hydrogen-bond acceptors (Lipinski definition) is 6.